The molecule has 2 fully saturated rings. The quantitative estimate of drug-likeness (QED) is 0.268. The van der Waals surface area contributed by atoms with Crippen LogP contribution < -0.4 is 20.2 Å². The Morgan fingerprint density at radius 3 is 2.19 bits per heavy atom. The molecule has 1 unspecified atom stereocenters. The van der Waals surface area contributed by atoms with E-state index in [4.69, 9.17) is 14.2 Å². The SMILES string of the molecule is CCC(C)n1ncn(-c2ccc(N3CCN(c4ccc(OC[C@H]5CO[C@@H](c6ccc(F)cc6F)O5)cc4)CC3)cc2)c1=O. The van der Waals surface area contributed by atoms with Crippen LogP contribution in [0.2, 0.25) is 0 Å². The normalized spacial score (nSPS) is 19.5. The zero-order chi connectivity index (χ0) is 29.9. The molecule has 11 heteroatoms. The van der Waals surface area contributed by atoms with Crippen molar-refractivity contribution in [1.29, 1.82) is 0 Å². The molecule has 4 aromatic rings. The predicted octanol–water partition coefficient (Wildman–Crippen LogP) is 5.10. The molecule has 3 heterocycles. The molecular formula is C32H35F2N5O4. The summed E-state index contributed by atoms with van der Waals surface area (Å²) in [7, 11) is 0. The minimum absolute atomic E-state index is 0.0612. The Morgan fingerprint density at radius 1 is 0.930 bits per heavy atom. The number of nitrogens with zero attached hydrogens (tertiary/aromatic N) is 5. The lowest BCUT2D eigenvalue weighted by Gasteiger charge is -2.37. The number of hydrogen-bond acceptors (Lipinski definition) is 7. The van der Waals surface area contributed by atoms with E-state index in [1.165, 1.54) is 16.8 Å². The average Bonchev–Trinajstić information content (AvgIpc) is 3.67. The molecule has 0 radical (unpaired) electrons. The fourth-order valence-electron chi connectivity index (χ4n) is 5.35. The molecule has 0 saturated carbocycles. The molecule has 2 aliphatic rings. The summed E-state index contributed by atoms with van der Waals surface area (Å²) >= 11 is 0. The molecule has 6 rings (SSSR count). The standard InChI is InChI=1S/C32H35F2N5O4/c1-3-22(2)39-32(40)38(21-35-39)26-7-5-24(6-8-26)36-14-16-37(17-15-36)25-9-11-27(12-10-25)41-19-28-20-42-31(43-28)29-13-4-23(33)18-30(29)34/h4-13,18,21-22,28,31H,3,14-17,19-20H2,1-2H3/t22?,28-,31+/m0/s1. The Kier molecular flexibility index (Phi) is 8.44. The van der Waals surface area contributed by atoms with Crippen LogP contribution in [0.1, 0.15) is 38.2 Å². The van der Waals surface area contributed by atoms with Crippen molar-refractivity contribution in [3.8, 4) is 11.4 Å². The lowest BCUT2D eigenvalue weighted by molar-refractivity contribution is -0.0680. The number of anilines is 2. The van der Waals surface area contributed by atoms with Crippen molar-refractivity contribution in [3.05, 3.63) is 101 Å². The highest BCUT2D eigenvalue weighted by molar-refractivity contribution is 5.54. The second kappa shape index (κ2) is 12.6. The van der Waals surface area contributed by atoms with Gasteiger partial charge in [0.15, 0.2) is 6.29 Å². The van der Waals surface area contributed by atoms with Gasteiger partial charge in [-0.25, -0.2) is 22.8 Å². The van der Waals surface area contributed by atoms with E-state index >= 15 is 0 Å². The molecule has 1 aromatic heterocycles. The zero-order valence-corrected chi connectivity index (χ0v) is 24.2. The zero-order valence-electron chi connectivity index (χ0n) is 24.2. The van der Waals surface area contributed by atoms with Crippen LogP contribution in [0.5, 0.6) is 5.75 Å². The lowest BCUT2D eigenvalue weighted by Crippen LogP contribution is -2.46. The van der Waals surface area contributed by atoms with E-state index in [0.717, 1.165) is 55.7 Å². The Hall–Kier alpha value is -4.22. The summed E-state index contributed by atoms with van der Waals surface area (Å²) in [5.41, 5.74) is 3.09. The summed E-state index contributed by atoms with van der Waals surface area (Å²) in [6.07, 6.45) is 1.19. The first-order valence-electron chi connectivity index (χ1n) is 14.6. The van der Waals surface area contributed by atoms with Crippen LogP contribution in [-0.4, -0.2) is 59.8 Å². The molecule has 3 atom stereocenters. The van der Waals surface area contributed by atoms with Crippen molar-refractivity contribution < 1.29 is 23.0 Å². The summed E-state index contributed by atoms with van der Waals surface area (Å²) in [6.45, 7) is 8.03. The van der Waals surface area contributed by atoms with Crippen molar-refractivity contribution in [2.75, 3.05) is 49.2 Å². The van der Waals surface area contributed by atoms with Gasteiger partial charge >= 0.3 is 5.69 Å². The predicted molar refractivity (Wildman–Crippen MR) is 159 cm³/mol. The highest BCUT2D eigenvalue weighted by Gasteiger charge is 2.30. The number of aromatic nitrogens is 3. The molecule has 0 spiro atoms. The summed E-state index contributed by atoms with van der Waals surface area (Å²) in [5.74, 6) is -0.631. The number of benzene rings is 3. The van der Waals surface area contributed by atoms with Crippen molar-refractivity contribution >= 4 is 11.4 Å². The summed E-state index contributed by atoms with van der Waals surface area (Å²) in [4.78, 5) is 17.4. The van der Waals surface area contributed by atoms with E-state index in [1.54, 1.807) is 10.9 Å². The van der Waals surface area contributed by atoms with Crippen LogP contribution in [0.25, 0.3) is 5.69 Å². The van der Waals surface area contributed by atoms with E-state index in [-0.39, 0.29) is 36.6 Å². The van der Waals surface area contributed by atoms with Gasteiger partial charge in [-0.2, -0.15) is 5.10 Å². The fraction of sp³-hybridized carbons (Fsp3) is 0.375. The number of rotatable bonds is 9. The second-order valence-corrected chi connectivity index (χ2v) is 10.9. The molecule has 2 aliphatic heterocycles. The first-order valence-corrected chi connectivity index (χ1v) is 14.6. The lowest BCUT2D eigenvalue weighted by atomic mass is 10.2. The molecule has 0 N–H and O–H groups in total. The van der Waals surface area contributed by atoms with Crippen LogP contribution in [0.3, 0.4) is 0 Å². The summed E-state index contributed by atoms with van der Waals surface area (Å²) < 4.78 is 47.6. The van der Waals surface area contributed by atoms with Gasteiger partial charge in [-0.05, 0) is 74.0 Å². The highest BCUT2D eigenvalue weighted by Crippen LogP contribution is 2.30. The van der Waals surface area contributed by atoms with Crippen molar-refractivity contribution in [3.63, 3.8) is 0 Å². The van der Waals surface area contributed by atoms with Gasteiger partial charge in [0.2, 0.25) is 0 Å². The monoisotopic (exact) mass is 591 g/mol. The molecule has 226 valence electrons. The van der Waals surface area contributed by atoms with Gasteiger partial charge in [-0.1, -0.05) is 6.92 Å². The largest absolute Gasteiger partial charge is 0.491 e. The maximum absolute atomic E-state index is 14.0. The number of piperazine rings is 1. The molecular weight excluding hydrogens is 556 g/mol. The Bertz CT molecular complexity index is 1580. The van der Waals surface area contributed by atoms with E-state index in [0.29, 0.717) is 5.75 Å². The third kappa shape index (κ3) is 6.28. The van der Waals surface area contributed by atoms with Gasteiger partial charge in [0, 0.05) is 49.2 Å². The highest BCUT2D eigenvalue weighted by atomic mass is 19.1. The van der Waals surface area contributed by atoms with Gasteiger partial charge in [0.25, 0.3) is 0 Å². The van der Waals surface area contributed by atoms with Crippen LogP contribution in [0.15, 0.2) is 77.9 Å². The third-order valence-electron chi connectivity index (χ3n) is 8.08. The van der Waals surface area contributed by atoms with E-state index in [2.05, 4.69) is 27.0 Å². The summed E-state index contributed by atoms with van der Waals surface area (Å²) in [6, 6.07) is 19.4. The second-order valence-electron chi connectivity index (χ2n) is 10.9. The van der Waals surface area contributed by atoms with Gasteiger partial charge in [-0.15, -0.1) is 0 Å². The molecule has 43 heavy (non-hydrogen) atoms. The molecule has 3 aromatic carbocycles. The maximum Gasteiger partial charge on any atom is 0.350 e. The van der Waals surface area contributed by atoms with E-state index in [1.807, 2.05) is 50.2 Å². The van der Waals surface area contributed by atoms with E-state index in [9.17, 15) is 13.6 Å². The van der Waals surface area contributed by atoms with Crippen molar-refractivity contribution in [2.45, 2.75) is 38.7 Å². The molecule has 2 saturated heterocycles. The summed E-state index contributed by atoms with van der Waals surface area (Å²) in [5, 5.41) is 4.28. The minimum Gasteiger partial charge on any atom is -0.491 e. The number of ether oxygens (including phenoxy) is 3. The van der Waals surface area contributed by atoms with Crippen molar-refractivity contribution in [1.82, 2.24) is 14.3 Å². The Labute approximate surface area is 248 Å². The van der Waals surface area contributed by atoms with Crippen LogP contribution in [-0.2, 0) is 9.47 Å². The maximum atomic E-state index is 14.0. The Morgan fingerprint density at radius 2 is 1.56 bits per heavy atom. The number of halogens is 2. The van der Waals surface area contributed by atoms with Crippen molar-refractivity contribution in [2.24, 2.45) is 0 Å². The Balaban J connectivity index is 0.981. The topological polar surface area (TPSA) is 74.0 Å². The van der Waals surface area contributed by atoms with Gasteiger partial charge in [0.1, 0.15) is 36.4 Å². The molecule has 9 nitrogen and oxygen atoms in total. The van der Waals surface area contributed by atoms with Gasteiger partial charge in [-0.3, -0.25) is 0 Å². The molecule has 0 bridgehead atoms. The smallest absolute Gasteiger partial charge is 0.350 e. The molecule has 0 amide bonds. The van der Waals surface area contributed by atoms with Crippen LogP contribution >= 0.6 is 0 Å². The van der Waals surface area contributed by atoms with Crippen LogP contribution in [0.4, 0.5) is 20.2 Å². The van der Waals surface area contributed by atoms with Gasteiger partial charge in [0.05, 0.1) is 18.3 Å². The minimum atomic E-state index is -0.877. The average molecular weight is 592 g/mol. The first-order chi connectivity index (χ1) is 20.9. The first kappa shape index (κ1) is 28.9. The van der Waals surface area contributed by atoms with E-state index < -0.39 is 17.9 Å². The van der Waals surface area contributed by atoms with Crippen LogP contribution in [0, 0.1) is 11.6 Å². The fourth-order valence-corrected chi connectivity index (χ4v) is 5.35. The van der Waals surface area contributed by atoms with Gasteiger partial charge < -0.3 is 24.0 Å². The molecule has 0 aliphatic carbocycles. The number of hydrogen-bond donors (Lipinski definition) is 0. The third-order valence-corrected chi connectivity index (χ3v) is 8.08.